The number of nitrogens with one attached hydrogen (secondary N) is 1. The number of aliphatic hydroxyl groups excluding tert-OH is 1. The second-order valence-corrected chi connectivity index (χ2v) is 5.94. The largest absolute Gasteiger partial charge is 0.395 e. The zero-order valence-electron chi connectivity index (χ0n) is 11.7. The summed E-state index contributed by atoms with van der Waals surface area (Å²) < 4.78 is 0. The summed E-state index contributed by atoms with van der Waals surface area (Å²) in [6.45, 7) is 3.64. The van der Waals surface area contributed by atoms with Crippen LogP contribution in [0.5, 0.6) is 0 Å². The van der Waals surface area contributed by atoms with Gasteiger partial charge in [0.25, 0.3) is 0 Å². The Hall–Kier alpha value is -1.40. The number of fused-ring (bicyclic) bond motifs is 1. The molecule has 3 rings (SSSR count). The van der Waals surface area contributed by atoms with E-state index >= 15 is 0 Å². The molecule has 6 heteroatoms. The number of aromatic nitrogens is 2. The Kier molecular flexibility index (Phi) is 4.03. The molecule has 0 unspecified atom stereocenters. The fourth-order valence-electron chi connectivity index (χ4n) is 2.56. The summed E-state index contributed by atoms with van der Waals surface area (Å²) in [4.78, 5) is 12.5. The van der Waals surface area contributed by atoms with Gasteiger partial charge < -0.3 is 15.3 Å². The van der Waals surface area contributed by atoms with Crippen LogP contribution in [0.1, 0.15) is 26.2 Å². The molecule has 0 aliphatic heterocycles. The van der Waals surface area contributed by atoms with Gasteiger partial charge in [-0.1, -0.05) is 0 Å². The minimum absolute atomic E-state index is 0.155. The molecule has 0 radical (unpaired) electrons. The molecular weight excluding hydrogens is 272 g/mol. The van der Waals surface area contributed by atoms with E-state index in [9.17, 15) is 5.11 Å². The van der Waals surface area contributed by atoms with E-state index in [0.29, 0.717) is 18.5 Å². The van der Waals surface area contributed by atoms with Gasteiger partial charge in [-0.2, -0.15) is 4.98 Å². The molecule has 0 aromatic carbocycles. The summed E-state index contributed by atoms with van der Waals surface area (Å²) >= 11 is 1.63. The number of thiophene rings is 1. The second kappa shape index (κ2) is 5.93. The first-order chi connectivity index (χ1) is 9.83. The Morgan fingerprint density at radius 3 is 2.95 bits per heavy atom. The molecule has 1 fully saturated rings. The molecule has 0 saturated heterocycles. The predicted octanol–water partition coefficient (Wildman–Crippen LogP) is 2.47. The van der Waals surface area contributed by atoms with Gasteiger partial charge in [0, 0.05) is 19.1 Å². The number of nitrogens with zero attached hydrogens (tertiary/aromatic N) is 3. The molecule has 0 atom stereocenters. The lowest BCUT2D eigenvalue weighted by Crippen LogP contribution is -2.42. The van der Waals surface area contributed by atoms with Crippen molar-refractivity contribution in [2.75, 3.05) is 29.9 Å². The number of hydrogen-bond donors (Lipinski definition) is 2. The molecule has 2 aromatic rings. The van der Waals surface area contributed by atoms with Gasteiger partial charge in [0.05, 0.1) is 12.0 Å². The van der Waals surface area contributed by atoms with Crippen LogP contribution >= 0.6 is 11.3 Å². The molecular formula is C14H20N4OS. The Labute approximate surface area is 122 Å². The van der Waals surface area contributed by atoms with Gasteiger partial charge >= 0.3 is 0 Å². The first-order valence-corrected chi connectivity index (χ1v) is 8.08. The zero-order chi connectivity index (χ0) is 13.9. The number of rotatable bonds is 6. The van der Waals surface area contributed by atoms with Gasteiger partial charge in [0.15, 0.2) is 0 Å². The standard InChI is InChI=1S/C14H20N4OS/c1-2-15-14-16-12(11-6-9-20-13(11)17-14)18(7-8-19)10-4-3-5-10/h6,9-10,19H,2-5,7-8H2,1H3,(H,15,16,17). The van der Waals surface area contributed by atoms with E-state index in [-0.39, 0.29) is 6.61 Å². The van der Waals surface area contributed by atoms with Crippen molar-refractivity contribution in [3.8, 4) is 0 Å². The Bertz CT molecular complexity index is 582. The summed E-state index contributed by atoms with van der Waals surface area (Å²) in [7, 11) is 0. The van der Waals surface area contributed by atoms with Crippen molar-refractivity contribution < 1.29 is 5.11 Å². The predicted molar refractivity (Wildman–Crippen MR) is 83.6 cm³/mol. The molecule has 2 heterocycles. The van der Waals surface area contributed by atoms with Crippen molar-refractivity contribution in [3.05, 3.63) is 11.4 Å². The van der Waals surface area contributed by atoms with Gasteiger partial charge in [-0.3, -0.25) is 0 Å². The van der Waals surface area contributed by atoms with Crippen LogP contribution in [0.2, 0.25) is 0 Å². The van der Waals surface area contributed by atoms with Crippen LogP contribution in [0.15, 0.2) is 11.4 Å². The summed E-state index contributed by atoms with van der Waals surface area (Å²) in [6, 6.07) is 2.59. The van der Waals surface area contributed by atoms with Crippen molar-refractivity contribution in [3.63, 3.8) is 0 Å². The summed E-state index contributed by atoms with van der Waals surface area (Å²) in [5, 5.41) is 15.7. The molecule has 1 aliphatic rings. The highest BCUT2D eigenvalue weighted by atomic mass is 32.1. The first-order valence-electron chi connectivity index (χ1n) is 7.20. The lowest BCUT2D eigenvalue weighted by molar-refractivity contribution is 0.283. The number of anilines is 2. The molecule has 5 nitrogen and oxygen atoms in total. The molecule has 0 spiro atoms. The van der Waals surface area contributed by atoms with Gasteiger partial charge in [-0.15, -0.1) is 11.3 Å². The highest BCUT2D eigenvalue weighted by molar-refractivity contribution is 7.16. The van der Waals surface area contributed by atoms with Crippen LogP contribution in [-0.4, -0.2) is 40.8 Å². The molecule has 0 bridgehead atoms. The van der Waals surface area contributed by atoms with E-state index in [1.165, 1.54) is 19.3 Å². The van der Waals surface area contributed by atoms with Crippen molar-refractivity contribution in [1.82, 2.24) is 9.97 Å². The lowest BCUT2D eigenvalue weighted by Gasteiger charge is -2.38. The van der Waals surface area contributed by atoms with E-state index in [2.05, 4.69) is 31.6 Å². The third-order valence-corrected chi connectivity index (χ3v) is 4.57. The molecule has 108 valence electrons. The lowest BCUT2D eigenvalue weighted by atomic mass is 9.91. The van der Waals surface area contributed by atoms with E-state index < -0.39 is 0 Å². The normalized spacial score (nSPS) is 15.3. The number of aliphatic hydroxyl groups is 1. The van der Waals surface area contributed by atoms with Gasteiger partial charge in [0.1, 0.15) is 10.6 Å². The smallest absolute Gasteiger partial charge is 0.226 e. The molecule has 1 aliphatic carbocycles. The van der Waals surface area contributed by atoms with Crippen LogP contribution in [0, 0.1) is 0 Å². The molecule has 20 heavy (non-hydrogen) atoms. The highest BCUT2D eigenvalue weighted by Crippen LogP contribution is 2.34. The Morgan fingerprint density at radius 2 is 2.30 bits per heavy atom. The summed E-state index contributed by atoms with van der Waals surface area (Å²) in [5.41, 5.74) is 0. The SMILES string of the molecule is CCNc1nc(N(CCO)C2CCC2)c2ccsc2n1. The maximum absolute atomic E-state index is 9.36. The van der Waals surface area contributed by atoms with Crippen molar-refractivity contribution >= 4 is 33.3 Å². The van der Waals surface area contributed by atoms with Gasteiger partial charge in [0.2, 0.25) is 5.95 Å². The molecule has 1 saturated carbocycles. The molecule has 2 N–H and O–H groups in total. The van der Waals surface area contributed by atoms with Crippen LogP contribution in [0.4, 0.5) is 11.8 Å². The fourth-order valence-corrected chi connectivity index (χ4v) is 3.32. The van der Waals surface area contributed by atoms with Crippen molar-refractivity contribution in [2.24, 2.45) is 0 Å². The molecule has 0 amide bonds. The zero-order valence-corrected chi connectivity index (χ0v) is 12.5. The number of hydrogen-bond acceptors (Lipinski definition) is 6. The van der Waals surface area contributed by atoms with Crippen molar-refractivity contribution in [1.29, 1.82) is 0 Å². The average molecular weight is 292 g/mol. The first kappa shape index (κ1) is 13.6. The van der Waals surface area contributed by atoms with Crippen LogP contribution in [0.3, 0.4) is 0 Å². The average Bonchev–Trinajstić information content (AvgIpc) is 2.84. The third kappa shape index (κ3) is 2.45. The second-order valence-electron chi connectivity index (χ2n) is 5.04. The van der Waals surface area contributed by atoms with E-state index in [1.54, 1.807) is 11.3 Å². The Balaban J connectivity index is 2.03. The summed E-state index contributed by atoms with van der Waals surface area (Å²) in [6.07, 6.45) is 3.64. The van der Waals surface area contributed by atoms with E-state index in [0.717, 1.165) is 22.6 Å². The van der Waals surface area contributed by atoms with Gasteiger partial charge in [-0.25, -0.2) is 4.98 Å². The minimum Gasteiger partial charge on any atom is -0.395 e. The fraction of sp³-hybridized carbons (Fsp3) is 0.571. The van der Waals surface area contributed by atoms with E-state index in [1.807, 2.05) is 6.92 Å². The van der Waals surface area contributed by atoms with Crippen LogP contribution in [0.25, 0.3) is 10.2 Å². The monoisotopic (exact) mass is 292 g/mol. The topological polar surface area (TPSA) is 61.3 Å². The quantitative estimate of drug-likeness (QED) is 0.856. The van der Waals surface area contributed by atoms with E-state index in [4.69, 9.17) is 0 Å². The maximum Gasteiger partial charge on any atom is 0.226 e. The molecule has 2 aromatic heterocycles. The van der Waals surface area contributed by atoms with Crippen LogP contribution < -0.4 is 10.2 Å². The maximum atomic E-state index is 9.36. The minimum atomic E-state index is 0.155. The Morgan fingerprint density at radius 1 is 1.45 bits per heavy atom. The van der Waals surface area contributed by atoms with Gasteiger partial charge in [-0.05, 0) is 37.6 Å². The van der Waals surface area contributed by atoms with Crippen LogP contribution in [-0.2, 0) is 0 Å². The third-order valence-electron chi connectivity index (χ3n) is 3.77. The summed E-state index contributed by atoms with van der Waals surface area (Å²) in [5.74, 6) is 1.64. The highest BCUT2D eigenvalue weighted by Gasteiger charge is 2.27. The van der Waals surface area contributed by atoms with Crippen molar-refractivity contribution in [2.45, 2.75) is 32.2 Å².